The number of rotatable bonds is 5. The number of hydrogen-bond donors (Lipinski definition) is 1. The number of nitrogens with one attached hydrogen (secondary N) is 1. The van der Waals surface area contributed by atoms with E-state index in [0.29, 0.717) is 6.61 Å². The van der Waals surface area contributed by atoms with Crippen molar-refractivity contribution >= 4 is 0 Å². The molecule has 1 unspecified atom stereocenters. The summed E-state index contributed by atoms with van der Waals surface area (Å²) in [5, 5.41) is 3.41. The summed E-state index contributed by atoms with van der Waals surface area (Å²) < 4.78 is 11.2. The van der Waals surface area contributed by atoms with Crippen LogP contribution in [-0.2, 0) is 11.3 Å². The topological polar surface area (TPSA) is 43.4 Å². The monoisotopic (exact) mass is 264 g/mol. The van der Waals surface area contributed by atoms with Crippen molar-refractivity contribution in [3.05, 3.63) is 24.0 Å². The summed E-state index contributed by atoms with van der Waals surface area (Å²) in [5.74, 6) is 0.815. The molecule has 1 N–H and O–H groups in total. The van der Waals surface area contributed by atoms with Crippen LogP contribution in [0.3, 0.4) is 0 Å². The first-order valence-corrected chi connectivity index (χ1v) is 6.97. The molecule has 1 saturated heterocycles. The molecule has 2 rings (SSSR count). The van der Waals surface area contributed by atoms with Gasteiger partial charge < -0.3 is 14.8 Å². The van der Waals surface area contributed by atoms with Crippen LogP contribution in [0.25, 0.3) is 0 Å². The van der Waals surface area contributed by atoms with E-state index in [9.17, 15) is 0 Å². The van der Waals surface area contributed by atoms with Gasteiger partial charge in [-0.3, -0.25) is 4.98 Å². The third-order valence-corrected chi connectivity index (χ3v) is 3.06. The molecule has 4 heteroatoms. The van der Waals surface area contributed by atoms with Gasteiger partial charge in [0.05, 0.1) is 18.0 Å². The number of hydrogen-bond acceptors (Lipinski definition) is 4. The van der Waals surface area contributed by atoms with Gasteiger partial charge in [-0.1, -0.05) is 0 Å². The molecule has 2 heterocycles. The molecule has 0 amide bonds. The van der Waals surface area contributed by atoms with Crippen LogP contribution in [0, 0.1) is 0 Å². The highest BCUT2D eigenvalue weighted by molar-refractivity contribution is 5.20. The largest absolute Gasteiger partial charge is 0.489 e. The van der Waals surface area contributed by atoms with Crippen molar-refractivity contribution in [3.63, 3.8) is 0 Å². The first kappa shape index (κ1) is 14.3. The number of nitrogens with zero attached hydrogens (tertiary/aromatic N) is 1. The average Bonchev–Trinajstić information content (AvgIpc) is 2.87. The van der Waals surface area contributed by atoms with Crippen LogP contribution < -0.4 is 10.1 Å². The third-order valence-electron chi connectivity index (χ3n) is 3.06. The zero-order valence-corrected chi connectivity index (χ0v) is 12.1. The molecule has 0 spiro atoms. The maximum Gasteiger partial charge on any atom is 0.137 e. The van der Waals surface area contributed by atoms with Gasteiger partial charge in [0.1, 0.15) is 12.4 Å². The van der Waals surface area contributed by atoms with E-state index < -0.39 is 0 Å². The Hall–Kier alpha value is -1.13. The smallest absolute Gasteiger partial charge is 0.137 e. The predicted molar refractivity (Wildman–Crippen MR) is 75.3 cm³/mol. The van der Waals surface area contributed by atoms with Crippen molar-refractivity contribution in [3.8, 4) is 5.75 Å². The van der Waals surface area contributed by atoms with E-state index in [1.165, 1.54) is 0 Å². The molecule has 1 aliphatic heterocycles. The quantitative estimate of drug-likeness (QED) is 0.887. The summed E-state index contributed by atoms with van der Waals surface area (Å²) in [5.41, 5.74) is 1.14. The minimum absolute atomic E-state index is 0.108. The summed E-state index contributed by atoms with van der Waals surface area (Å²) in [6, 6.07) is 3.98. The lowest BCUT2D eigenvalue weighted by Crippen LogP contribution is -2.35. The molecule has 1 aliphatic rings. The van der Waals surface area contributed by atoms with Gasteiger partial charge in [0.2, 0.25) is 0 Å². The molecule has 0 bridgehead atoms. The first-order valence-electron chi connectivity index (χ1n) is 6.97. The standard InChI is InChI=1S/C15H24N2O2/c1-15(2,3)17-9-12-6-7-13(10-16-12)19-11-14-5-4-8-18-14/h6-7,10,14,17H,4-5,8-9,11H2,1-3H3. The van der Waals surface area contributed by atoms with E-state index in [2.05, 4.69) is 31.1 Å². The fourth-order valence-electron chi connectivity index (χ4n) is 1.92. The van der Waals surface area contributed by atoms with Crippen LogP contribution in [0.1, 0.15) is 39.3 Å². The lowest BCUT2D eigenvalue weighted by atomic mass is 10.1. The number of aromatic nitrogens is 1. The predicted octanol–water partition coefficient (Wildman–Crippen LogP) is 2.53. The van der Waals surface area contributed by atoms with Crippen molar-refractivity contribution in [2.24, 2.45) is 0 Å². The van der Waals surface area contributed by atoms with Crippen LogP contribution in [0.15, 0.2) is 18.3 Å². The molecular formula is C15H24N2O2. The SMILES string of the molecule is CC(C)(C)NCc1ccc(OCC2CCCO2)cn1. The molecular weight excluding hydrogens is 240 g/mol. The van der Waals surface area contributed by atoms with E-state index in [0.717, 1.165) is 37.4 Å². The van der Waals surface area contributed by atoms with Crippen molar-refractivity contribution < 1.29 is 9.47 Å². The summed E-state index contributed by atoms with van der Waals surface area (Å²) >= 11 is 0. The zero-order valence-electron chi connectivity index (χ0n) is 12.1. The fourth-order valence-corrected chi connectivity index (χ4v) is 1.92. The molecule has 0 radical (unpaired) electrons. The maximum absolute atomic E-state index is 5.68. The molecule has 1 aromatic rings. The van der Waals surface area contributed by atoms with Gasteiger partial charge in [0.25, 0.3) is 0 Å². The van der Waals surface area contributed by atoms with Crippen LogP contribution in [0.4, 0.5) is 0 Å². The maximum atomic E-state index is 5.68. The Bertz CT molecular complexity index is 378. The van der Waals surface area contributed by atoms with E-state index in [4.69, 9.17) is 9.47 Å². The van der Waals surface area contributed by atoms with Gasteiger partial charge in [-0.15, -0.1) is 0 Å². The van der Waals surface area contributed by atoms with E-state index in [-0.39, 0.29) is 11.6 Å². The lowest BCUT2D eigenvalue weighted by Gasteiger charge is -2.20. The molecule has 19 heavy (non-hydrogen) atoms. The van der Waals surface area contributed by atoms with Gasteiger partial charge in [0, 0.05) is 18.7 Å². The molecule has 0 aromatic carbocycles. The Kier molecular flexibility index (Phi) is 4.77. The van der Waals surface area contributed by atoms with Crippen LogP contribution in [0.5, 0.6) is 5.75 Å². The Balaban J connectivity index is 1.77. The second-order valence-corrected chi connectivity index (χ2v) is 6.03. The van der Waals surface area contributed by atoms with Gasteiger partial charge in [0.15, 0.2) is 0 Å². The van der Waals surface area contributed by atoms with E-state index in [1.54, 1.807) is 6.20 Å². The van der Waals surface area contributed by atoms with Crippen LogP contribution in [0.2, 0.25) is 0 Å². The Labute approximate surface area is 115 Å². The second-order valence-electron chi connectivity index (χ2n) is 6.03. The minimum Gasteiger partial charge on any atom is -0.489 e. The molecule has 0 aliphatic carbocycles. The van der Waals surface area contributed by atoms with Crippen molar-refractivity contribution in [1.29, 1.82) is 0 Å². The fraction of sp³-hybridized carbons (Fsp3) is 0.667. The normalized spacial score (nSPS) is 19.6. The van der Waals surface area contributed by atoms with Crippen molar-refractivity contribution in [1.82, 2.24) is 10.3 Å². The van der Waals surface area contributed by atoms with Crippen molar-refractivity contribution in [2.45, 2.75) is 51.8 Å². The summed E-state index contributed by atoms with van der Waals surface area (Å²) in [6.45, 7) is 8.70. The lowest BCUT2D eigenvalue weighted by molar-refractivity contribution is 0.0678. The van der Waals surface area contributed by atoms with E-state index in [1.807, 2.05) is 12.1 Å². The molecule has 4 nitrogen and oxygen atoms in total. The van der Waals surface area contributed by atoms with Crippen molar-refractivity contribution in [2.75, 3.05) is 13.2 Å². The van der Waals surface area contributed by atoms with Crippen LogP contribution in [-0.4, -0.2) is 29.8 Å². The highest BCUT2D eigenvalue weighted by Crippen LogP contribution is 2.15. The molecule has 1 atom stereocenters. The first-order chi connectivity index (χ1) is 9.03. The van der Waals surface area contributed by atoms with E-state index >= 15 is 0 Å². The van der Waals surface area contributed by atoms with Gasteiger partial charge in [-0.05, 0) is 45.7 Å². The number of pyridine rings is 1. The third kappa shape index (κ3) is 5.17. The highest BCUT2D eigenvalue weighted by atomic mass is 16.5. The summed E-state index contributed by atoms with van der Waals surface area (Å²) in [4.78, 5) is 4.40. The number of ether oxygens (including phenoxy) is 2. The second kappa shape index (κ2) is 6.35. The molecule has 0 saturated carbocycles. The van der Waals surface area contributed by atoms with Gasteiger partial charge in [-0.25, -0.2) is 0 Å². The van der Waals surface area contributed by atoms with Gasteiger partial charge >= 0.3 is 0 Å². The summed E-state index contributed by atoms with van der Waals surface area (Å²) in [7, 11) is 0. The molecule has 1 aromatic heterocycles. The Morgan fingerprint density at radius 2 is 2.26 bits per heavy atom. The zero-order chi connectivity index (χ0) is 13.7. The molecule has 1 fully saturated rings. The highest BCUT2D eigenvalue weighted by Gasteiger charge is 2.16. The van der Waals surface area contributed by atoms with Crippen LogP contribution >= 0.6 is 0 Å². The average molecular weight is 264 g/mol. The van der Waals surface area contributed by atoms with Gasteiger partial charge in [-0.2, -0.15) is 0 Å². The molecule has 106 valence electrons. The minimum atomic E-state index is 0.108. The Morgan fingerprint density at radius 3 is 2.84 bits per heavy atom. The summed E-state index contributed by atoms with van der Waals surface area (Å²) in [6.07, 6.45) is 4.28. The Morgan fingerprint density at radius 1 is 1.42 bits per heavy atom.